The van der Waals surface area contributed by atoms with E-state index >= 15 is 0 Å². The van der Waals surface area contributed by atoms with Crippen molar-refractivity contribution < 1.29 is 28.7 Å². The van der Waals surface area contributed by atoms with Gasteiger partial charge in [0.1, 0.15) is 0 Å². The Kier molecular flexibility index (Phi) is 6.27. The molecule has 1 heterocycles. The number of nitrogens with zero attached hydrogens (tertiary/aromatic N) is 1. The number of rotatable bonds is 5. The fourth-order valence-corrected chi connectivity index (χ4v) is 2.43. The molecule has 1 fully saturated rings. The molecule has 1 saturated heterocycles. The van der Waals surface area contributed by atoms with E-state index in [1.165, 1.54) is 31.2 Å². The first kappa shape index (κ1) is 20.1. The maximum atomic E-state index is 12.3. The Labute approximate surface area is 156 Å². The summed E-state index contributed by atoms with van der Waals surface area (Å²) in [4.78, 5) is 60.3. The Bertz CT molecular complexity index is 773. The van der Waals surface area contributed by atoms with Crippen molar-refractivity contribution in [1.82, 2.24) is 10.6 Å². The second kappa shape index (κ2) is 8.43. The number of nitrogens with one attached hydrogen (secondary N) is 2. The minimum Gasteiger partial charge on any atom is -0.449 e. The average molecular weight is 375 g/mol. The number of imide groups is 2. The summed E-state index contributed by atoms with van der Waals surface area (Å²) < 4.78 is 5.06. The number of carbonyl (C=O) groups is 5. The molecule has 2 N–H and O–H groups in total. The first-order chi connectivity index (χ1) is 12.7. The highest BCUT2D eigenvalue weighted by Gasteiger charge is 2.31. The summed E-state index contributed by atoms with van der Waals surface area (Å²) in [5.74, 6) is -2.27. The molecule has 1 aromatic carbocycles. The Morgan fingerprint density at radius 1 is 1.07 bits per heavy atom. The highest BCUT2D eigenvalue weighted by atomic mass is 16.5. The maximum absolute atomic E-state index is 12.3. The lowest BCUT2D eigenvalue weighted by Gasteiger charge is -2.16. The molecule has 0 aliphatic carbocycles. The van der Waals surface area contributed by atoms with Gasteiger partial charge in [-0.15, -0.1) is 0 Å². The summed E-state index contributed by atoms with van der Waals surface area (Å²) in [6.07, 6.45) is -0.958. The fraction of sp³-hybridized carbons (Fsp3) is 0.389. The predicted molar refractivity (Wildman–Crippen MR) is 94.9 cm³/mol. The summed E-state index contributed by atoms with van der Waals surface area (Å²) in [6.45, 7) is 4.79. The monoisotopic (exact) mass is 375 g/mol. The lowest BCUT2D eigenvalue weighted by atomic mass is 10.2. The third-order valence-electron chi connectivity index (χ3n) is 3.70. The number of carbonyl (C=O) groups excluding carboxylic acids is 5. The van der Waals surface area contributed by atoms with Gasteiger partial charge in [-0.3, -0.25) is 24.6 Å². The fourth-order valence-electron chi connectivity index (χ4n) is 2.43. The van der Waals surface area contributed by atoms with Crippen molar-refractivity contribution >= 4 is 35.4 Å². The van der Waals surface area contributed by atoms with Gasteiger partial charge in [0, 0.05) is 18.9 Å². The van der Waals surface area contributed by atoms with E-state index in [0.29, 0.717) is 0 Å². The summed E-state index contributed by atoms with van der Waals surface area (Å²) >= 11 is 0. The lowest BCUT2D eigenvalue weighted by molar-refractivity contribution is -0.128. The molecule has 0 aromatic heterocycles. The minimum atomic E-state index is -1.21. The van der Waals surface area contributed by atoms with E-state index in [0.717, 1.165) is 4.90 Å². The number of anilines is 1. The molecule has 27 heavy (non-hydrogen) atoms. The molecule has 1 aliphatic heterocycles. The zero-order valence-corrected chi connectivity index (χ0v) is 15.3. The first-order valence-electron chi connectivity index (χ1n) is 8.47. The molecule has 0 spiro atoms. The van der Waals surface area contributed by atoms with Crippen LogP contribution in [0.2, 0.25) is 0 Å². The summed E-state index contributed by atoms with van der Waals surface area (Å²) in [5.41, 5.74) is 0.344. The molecule has 1 aliphatic rings. The topological polar surface area (TPSA) is 122 Å². The van der Waals surface area contributed by atoms with Gasteiger partial charge >= 0.3 is 12.0 Å². The van der Waals surface area contributed by atoms with Crippen molar-refractivity contribution in [2.45, 2.75) is 45.8 Å². The molecule has 144 valence electrons. The van der Waals surface area contributed by atoms with Crippen LogP contribution in [0.5, 0.6) is 0 Å². The zero-order chi connectivity index (χ0) is 20.1. The van der Waals surface area contributed by atoms with Gasteiger partial charge in [-0.25, -0.2) is 9.59 Å². The third kappa shape index (κ3) is 5.13. The number of urea groups is 1. The first-order valence-corrected chi connectivity index (χ1v) is 8.47. The molecule has 0 radical (unpaired) electrons. The predicted octanol–water partition coefficient (Wildman–Crippen LogP) is 1.12. The average Bonchev–Trinajstić information content (AvgIpc) is 2.92. The van der Waals surface area contributed by atoms with Crippen LogP contribution in [0.25, 0.3) is 0 Å². The van der Waals surface area contributed by atoms with E-state index in [2.05, 4.69) is 10.6 Å². The van der Waals surface area contributed by atoms with Crippen LogP contribution < -0.4 is 15.5 Å². The van der Waals surface area contributed by atoms with Crippen LogP contribution in [0.1, 0.15) is 44.0 Å². The second-order valence-corrected chi connectivity index (χ2v) is 6.34. The van der Waals surface area contributed by atoms with Crippen LogP contribution in [0.15, 0.2) is 24.3 Å². The lowest BCUT2D eigenvalue weighted by Crippen LogP contribution is -2.46. The van der Waals surface area contributed by atoms with Gasteiger partial charge in [-0.1, -0.05) is 6.07 Å². The van der Waals surface area contributed by atoms with Crippen LogP contribution in [0.4, 0.5) is 10.5 Å². The molecule has 9 heteroatoms. The van der Waals surface area contributed by atoms with Crippen LogP contribution in [0.3, 0.4) is 0 Å². The highest BCUT2D eigenvalue weighted by molar-refractivity contribution is 6.20. The summed E-state index contributed by atoms with van der Waals surface area (Å²) in [6, 6.07) is 4.97. The van der Waals surface area contributed by atoms with Gasteiger partial charge in [-0.05, 0) is 39.0 Å². The van der Waals surface area contributed by atoms with Gasteiger partial charge in [0.25, 0.3) is 5.91 Å². The van der Waals surface area contributed by atoms with Gasteiger partial charge < -0.3 is 10.1 Å². The van der Waals surface area contributed by atoms with Crippen molar-refractivity contribution in [2.75, 3.05) is 4.90 Å². The Morgan fingerprint density at radius 3 is 2.30 bits per heavy atom. The van der Waals surface area contributed by atoms with Crippen LogP contribution in [0, 0.1) is 0 Å². The molecule has 0 bridgehead atoms. The number of amides is 5. The van der Waals surface area contributed by atoms with Crippen LogP contribution >= 0.6 is 0 Å². The van der Waals surface area contributed by atoms with Gasteiger partial charge in [0.15, 0.2) is 6.10 Å². The standard InChI is InChI=1S/C18H21N3O6/c1-10(2)19-18(26)20-16(24)11(3)27-17(25)12-5-4-6-13(9-12)21-14(22)7-8-15(21)23/h4-6,9-11H,7-8H2,1-3H3,(H2,19,20,24,26)/t11-/m0/s1. The molecular formula is C18H21N3O6. The molecule has 9 nitrogen and oxygen atoms in total. The Balaban J connectivity index is 2.02. The maximum Gasteiger partial charge on any atom is 0.338 e. The van der Waals surface area contributed by atoms with Crippen LogP contribution in [-0.2, 0) is 19.1 Å². The molecule has 0 unspecified atom stereocenters. The van der Waals surface area contributed by atoms with Crippen molar-refractivity contribution in [3.63, 3.8) is 0 Å². The quantitative estimate of drug-likeness (QED) is 0.587. The van der Waals surface area contributed by atoms with E-state index in [1.807, 2.05) is 0 Å². The van der Waals surface area contributed by atoms with Crippen LogP contribution in [-0.4, -0.2) is 41.9 Å². The SMILES string of the molecule is CC(C)NC(=O)NC(=O)[C@H](C)OC(=O)c1cccc(N2C(=O)CCC2=O)c1. The van der Waals surface area contributed by atoms with Gasteiger partial charge in [0.2, 0.25) is 11.8 Å². The number of hydrogen-bond donors (Lipinski definition) is 2. The van der Waals surface area contributed by atoms with Crippen molar-refractivity contribution in [3.05, 3.63) is 29.8 Å². The Morgan fingerprint density at radius 2 is 1.70 bits per heavy atom. The third-order valence-corrected chi connectivity index (χ3v) is 3.70. The number of hydrogen-bond acceptors (Lipinski definition) is 6. The molecule has 0 saturated carbocycles. The molecule has 1 atom stereocenters. The zero-order valence-electron chi connectivity index (χ0n) is 15.3. The number of benzene rings is 1. The highest BCUT2D eigenvalue weighted by Crippen LogP contribution is 2.23. The van der Waals surface area contributed by atoms with E-state index in [4.69, 9.17) is 4.74 Å². The molecule has 1 aromatic rings. The smallest absolute Gasteiger partial charge is 0.338 e. The molecule has 5 amide bonds. The number of esters is 1. The second-order valence-electron chi connectivity index (χ2n) is 6.34. The number of ether oxygens (including phenoxy) is 1. The van der Waals surface area contributed by atoms with E-state index < -0.39 is 24.0 Å². The summed E-state index contributed by atoms with van der Waals surface area (Å²) in [5, 5.41) is 4.55. The minimum absolute atomic E-state index is 0.0753. The van der Waals surface area contributed by atoms with E-state index in [-0.39, 0.29) is 41.9 Å². The molecule has 2 rings (SSSR count). The normalized spacial score (nSPS) is 14.9. The Hall–Kier alpha value is -3.23. The summed E-state index contributed by atoms with van der Waals surface area (Å²) in [7, 11) is 0. The van der Waals surface area contributed by atoms with E-state index in [9.17, 15) is 24.0 Å². The van der Waals surface area contributed by atoms with Gasteiger partial charge in [-0.2, -0.15) is 0 Å². The van der Waals surface area contributed by atoms with Crippen molar-refractivity contribution in [2.24, 2.45) is 0 Å². The van der Waals surface area contributed by atoms with E-state index in [1.54, 1.807) is 13.8 Å². The molecular weight excluding hydrogens is 354 g/mol. The largest absolute Gasteiger partial charge is 0.449 e. The van der Waals surface area contributed by atoms with Crippen molar-refractivity contribution in [1.29, 1.82) is 0 Å². The van der Waals surface area contributed by atoms with Gasteiger partial charge in [0.05, 0.1) is 11.3 Å². The van der Waals surface area contributed by atoms with Crippen molar-refractivity contribution in [3.8, 4) is 0 Å².